The maximum atomic E-state index is 15.0. The lowest BCUT2D eigenvalue weighted by molar-refractivity contribution is 0.102. The van der Waals surface area contributed by atoms with Crippen LogP contribution in [0.4, 0.5) is 20.2 Å². The molecule has 0 aliphatic rings. The third-order valence-electron chi connectivity index (χ3n) is 8.96. The summed E-state index contributed by atoms with van der Waals surface area (Å²) >= 11 is 0. The van der Waals surface area contributed by atoms with E-state index in [1.54, 1.807) is 60.9 Å². The van der Waals surface area contributed by atoms with Gasteiger partial charge in [-0.2, -0.15) is 0 Å². The molecule has 0 unspecified atom stereocenters. The van der Waals surface area contributed by atoms with Crippen LogP contribution in [-0.2, 0) is 24.1 Å². The highest BCUT2D eigenvalue weighted by atomic mass is 32.2. The number of ketones is 2. The lowest BCUT2D eigenvalue weighted by Crippen LogP contribution is -2.14. The molecule has 260 valence electrons. The summed E-state index contributed by atoms with van der Waals surface area (Å²) in [5.41, 5.74) is 12.1. The molecule has 0 fully saturated rings. The van der Waals surface area contributed by atoms with Crippen LogP contribution in [0.25, 0.3) is 22.1 Å². The predicted octanol–water partition coefficient (Wildman–Crippen LogP) is 6.69. The number of pyridine rings is 2. The summed E-state index contributed by atoms with van der Waals surface area (Å²) in [5.74, 6) is -2.43. The molecule has 50 heavy (non-hydrogen) atoms. The van der Waals surface area contributed by atoms with Crippen molar-refractivity contribution in [1.82, 2.24) is 19.1 Å². The van der Waals surface area contributed by atoms with Crippen molar-refractivity contribution in [3.05, 3.63) is 116 Å². The van der Waals surface area contributed by atoms with E-state index in [2.05, 4.69) is 14.7 Å². The van der Waals surface area contributed by atoms with E-state index < -0.39 is 27.4 Å². The molecule has 13 heteroatoms. The van der Waals surface area contributed by atoms with Gasteiger partial charge in [-0.15, -0.1) is 0 Å². The largest absolute Gasteiger partial charge is 0.396 e. The maximum Gasteiger partial charge on any atom is 0.229 e. The summed E-state index contributed by atoms with van der Waals surface area (Å²) in [6.45, 7) is 11.0. The van der Waals surface area contributed by atoms with Gasteiger partial charge in [0.2, 0.25) is 10.0 Å². The number of hydrogen-bond donors (Lipinski definition) is 2. The Labute approximate surface area is 289 Å². The molecule has 6 aromatic rings. The van der Waals surface area contributed by atoms with Crippen LogP contribution in [0.5, 0.6) is 0 Å². The minimum atomic E-state index is -3.68. The Morgan fingerprint density at radius 1 is 0.700 bits per heavy atom. The lowest BCUT2D eigenvalue weighted by Gasteiger charge is -2.12. The number of fused-ring (bicyclic) bond motifs is 2. The van der Waals surface area contributed by atoms with Gasteiger partial charge >= 0.3 is 0 Å². The molecule has 0 aliphatic heterocycles. The fraction of sp³-hybridized carbons (Fsp3) is 0.243. The van der Waals surface area contributed by atoms with Crippen molar-refractivity contribution in [2.24, 2.45) is 14.1 Å². The molecule has 4 aromatic heterocycles. The fourth-order valence-electron chi connectivity index (χ4n) is 6.00. The van der Waals surface area contributed by atoms with E-state index in [4.69, 9.17) is 5.73 Å². The average Bonchev–Trinajstić information content (AvgIpc) is 3.57. The second kappa shape index (κ2) is 13.1. The number of sulfonamides is 1. The Morgan fingerprint density at radius 2 is 1.12 bits per heavy atom. The Hall–Kier alpha value is -5.43. The molecule has 0 amide bonds. The standard InChI is InChI=1S/C19H20FN3O3S.C18H18FN3O/c1-10-6-7-14(22-27(5,25)26)17(20)15(10)18(24)13-9-23(4)19-16(13)12(3)11(2)8-21-19;1-9-5-6-13(20)16(19)14(9)17(23)12-8-22(4)18-15(12)11(3)10(2)7-21-18/h6-9,22H,1-5H3;5-8H,20H2,1-4H3. The van der Waals surface area contributed by atoms with Gasteiger partial charge in [-0.3, -0.25) is 14.3 Å². The van der Waals surface area contributed by atoms with Crippen molar-refractivity contribution in [3.8, 4) is 0 Å². The number of hydrogen-bond acceptors (Lipinski definition) is 7. The summed E-state index contributed by atoms with van der Waals surface area (Å²) in [5, 5.41) is 1.43. The van der Waals surface area contributed by atoms with Crippen molar-refractivity contribution >= 4 is 55.0 Å². The zero-order valence-corrected chi connectivity index (χ0v) is 30.1. The minimum Gasteiger partial charge on any atom is -0.396 e. The van der Waals surface area contributed by atoms with E-state index in [0.717, 1.165) is 33.9 Å². The van der Waals surface area contributed by atoms with Crippen molar-refractivity contribution in [2.75, 3.05) is 16.7 Å². The second-order valence-corrected chi connectivity index (χ2v) is 14.4. The SMILES string of the molecule is Cc1ccc(N)c(F)c1C(=O)c1cn(C)c2ncc(C)c(C)c12.Cc1ccc(NS(C)(=O)=O)c(F)c1C(=O)c1cn(C)c2ncc(C)c(C)c12. The van der Waals surface area contributed by atoms with Crippen molar-refractivity contribution in [2.45, 2.75) is 41.5 Å². The van der Waals surface area contributed by atoms with E-state index in [1.807, 2.05) is 34.7 Å². The number of rotatable bonds is 6. The third-order valence-corrected chi connectivity index (χ3v) is 9.55. The van der Waals surface area contributed by atoms with Gasteiger partial charge in [0.25, 0.3) is 0 Å². The molecule has 4 heterocycles. The van der Waals surface area contributed by atoms with Crippen LogP contribution in [0.1, 0.15) is 65.2 Å². The van der Waals surface area contributed by atoms with E-state index >= 15 is 4.39 Å². The van der Waals surface area contributed by atoms with Crippen molar-refractivity contribution < 1.29 is 26.8 Å². The zero-order valence-electron chi connectivity index (χ0n) is 29.3. The van der Waals surface area contributed by atoms with E-state index in [0.29, 0.717) is 38.9 Å². The first-order chi connectivity index (χ1) is 23.3. The Balaban J connectivity index is 0.000000197. The molecule has 0 bridgehead atoms. The quantitative estimate of drug-likeness (QED) is 0.146. The van der Waals surface area contributed by atoms with Crippen molar-refractivity contribution in [1.29, 1.82) is 0 Å². The third kappa shape index (κ3) is 6.36. The van der Waals surface area contributed by atoms with Crippen LogP contribution in [0.2, 0.25) is 0 Å². The van der Waals surface area contributed by atoms with Crippen LogP contribution in [0, 0.1) is 53.2 Å². The van der Waals surface area contributed by atoms with Gasteiger partial charge in [-0.1, -0.05) is 12.1 Å². The molecule has 0 spiro atoms. The minimum absolute atomic E-state index is 0.0229. The molecular weight excluding hydrogens is 663 g/mol. The number of nitrogens with one attached hydrogen (secondary N) is 1. The number of nitrogens with zero attached hydrogens (tertiary/aromatic N) is 4. The highest BCUT2D eigenvalue weighted by molar-refractivity contribution is 7.92. The van der Waals surface area contributed by atoms with Gasteiger partial charge in [-0.05, 0) is 87.1 Å². The predicted molar refractivity (Wildman–Crippen MR) is 192 cm³/mol. The van der Waals surface area contributed by atoms with E-state index in [1.165, 1.54) is 18.2 Å². The Kier molecular flexibility index (Phi) is 9.41. The molecule has 0 atom stereocenters. The summed E-state index contributed by atoms with van der Waals surface area (Å²) in [4.78, 5) is 35.0. The highest BCUT2D eigenvalue weighted by Crippen LogP contribution is 2.32. The van der Waals surface area contributed by atoms with Crippen LogP contribution in [0.3, 0.4) is 0 Å². The number of aromatic nitrogens is 4. The van der Waals surface area contributed by atoms with Crippen LogP contribution in [0.15, 0.2) is 49.1 Å². The first-order valence-electron chi connectivity index (χ1n) is 15.6. The monoisotopic (exact) mass is 700 g/mol. The zero-order chi connectivity index (χ0) is 37.0. The van der Waals surface area contributed by atoms with Crippen LogP contribution in [-0.4, -0.2) is 45.3 Å². The second-order valence-electron chi connectivity index (χ2n) is 12.6. The summed E-state index contributed by atoms with van der Waals surface area (Å²) in [6.07, 6.45) is 7.76. The van der Waals surface area contributed by atoms with Gasteiger partial charge in [0.15, 0.2) is 23.2 Å². The van der Waals surface area contributed by atoms with E-state index in [9.17, 15) is 22.4 Å². The van der Waals surface area contributed by atoms with Gasteiger partial charge < -0.3 is 14.9 Å². The molecule has 6 rings (SSSR count). The first kappa shape index (κ1) is 35.9. The number of carbonyl (C=O) groups is 2. The molecule has 0 radical (unpaired) electrons. The Bertz CT molecular complexity index is 2500. The number of nitrogen functional groups attached to an aromatic ring is 1. The topological polar surface area (TPSA) is 142 Å². The van der Waals surface area contributed by atoms with Gasteiger partial charge in [0.1, 0.15) is 11.3 Å². The van der Waals surface area contributed by atoms with Crippen LogP contribution >= 0.6 is 0 Å². The summed E-state index contributed by atoms with van der Waals surface area (Å²) < 4.78 is 58.0. The van der Waals surface area contributed by atoms with Crippen LogP contribution < -0.4 is 10.5 Å². The summed E-state index contributed by atoms with van der Waals surface area (Å²) in [6, 6.07) is 5.96. The fourth-order valence-corrected chi connectivity index (χ4v) is 6.56. The Morgan fingerprint density at radius 3 is 1.56 bits per heavy atom. The van der Waals surface area contributed by atoms with Gasteiger partial charge in [0.05, 0.1) is 39.9 Å². The summed E-state index contributed by atoms with van der Waals surface area (Å²) in [7, 11) is -0.0855. The van der Waals surface area contributed by atoms with Crippen molar-refractivity contribution in [3.63, 3.8) is 0 Å². The first-order valence-corrected chi connectivity index (χ1v) is 17.5. The number of anilines is 2. The number of halogens is 2. The maximum absolute atomic E-state index is 15.0. The average molecular weight is 701 g/mol. The molecule has 10 nitrogen and oxygen atoms in total. The highest BCUT2D eigenvalue weighted by Gasteiger charge is 2.26. The molecular formula is C37H38F2N6O4S. The van der Waals surface area contributed by atoms with Gasteiger partial charge in [0, 0.05) is 49.7 Å². The smallest absolute Gasteiger partial charge is 0.229 e. The number of aryl methyl sites for hydroxylation is 8. The molecule has 3 N–H and O–H groups in total. The number of carbonyl (C=O) groups excluding carboxylic acids is 2. The molecule has 2 aromatic carbocycles. The molecule has 0 saturated carbocycles. The van der Waals surface area contributed by atoms with Gasteiger partial charge in [-0.25, -0.2) is 27.2 Å². The number of benzene rings is 2. The number of nitrogens with two attached hydrogens (primary N) is 1. The van der Waals surface area contributed by atoms with E-state index in [-0.39, 0.29) is 28.3 Å². The normalized spacial score (nSPS) is 11.5. The molecule has 0 aliphatic carbocycles. The molecule has 0 saturated heterocycles. The lowest BCUT2D eigenvalue weighted by atomic mass is 9.96.